The second kappa shape index (κ2) is 8.10. The van der Waals surface area contributed by atoms with Gasteiger partial charge in [-0.1, -0.05) is 33.6 Å². The number of likely N-dealkylation sites (N-methyl/N-ethyl adjacent to an activating group) is 1. The Morgan fingerprint density at radius 1 is 1.24 bits per heavy atom. The van der Waals surface area contributed by atoms with E-state index in [0.717, 1.165) is 18.5 Å². The van der Waals surface area contributed by atoms with E-state index in [0.29, 0.717) is 6.04 Å². The predicted octanol–water partition coefficient (Wildman–Crippen LogP) is 3.28. The molecule has 0 aromatic carbocycles. The third-order valence-electron chi connectivity index (χ3n) is 4.42. The molecule has 2 unspecified atom stereocenters. The van der Waals surface area contributed by atoms with E-state index in [2.05, 4.69) is 38.0 Å². The molecule has 17 heavy (non-hydrogen) atoms. The third-order valence-corrected chi connectivity index (χ3v) is 4.42. The molecule has 0 amide bonds. The number of hydrogen-bond acceptors (Lipinski definition) is 2. The summed E-state index contributed by atoms with van der Waals surface area (Å²) in [7, 11) is 2.30. The van der Waals surface area contributed by atoms with Gasteiger partial charge in [0.05, 0.1) is 0 Å². The van der Waals surface area contributed by atoms with Crippen molar-refractivity contribution in [2.45, 2.75) is 71.4 Å². The highest BCUT2D eigenvalue weighted by Crippen LogP contribution is 2.26. The summed E-state index contributed by atoms with van der Waals surface area (Å²) in [5.41, 5.74) is 0. The first-order valence-corrected chi connectivity index (χ1v) is 7.60. The SMILES string of the molecule is CCC(CC)NCCN(C)C1CCCC(C)C1. The van der Waals surface area contributed by atoms with E-state index in [9.17, 15) is 0 Å². The molecular weight excluding hydrogens is 208 g/mol. The van der Waals surface area contributed by atoms with E-state index in [4.69, 9.17) is 0 Å². The Hall–Kier alpha value is -0.0800. The van der Waals surface area contributed by atoms with Gasteiger partial charge in [-0.2, -0.15) is 0 Å². The van der Waals surface area contributed by atoms with Gasteiger partial charge in [0.25, 0.3) is 0 Å². The van der Waals surface area contributed by atoms with Crippen LogP contribution in [0.25, 0.3) is 0 Å². The topological polar surface area (TPSA) is 15.3 Å². The molecular formula is C15H32N2. The van der Waals surface area contributed by atoms with Crippen molar-refractivity contribution in [2.75, 3.05) is 20.1 Å². The van der Waals surface area contributed by atoms with Crippen LogP contribution in [-0.4, -0.2) is 37.1 Å². The average Bonchev–Trinajstić information content (AvgIpc) is 2.34. The predicted molar refractivity (Wildman–Crippen MR) is 76.4 cm³/mol. The van der Waals surface area contributed by atoms with Gasteiger partial charge in [-0.05, 0) is 38.6 Å². The maximum atomic E-state index is 3.66. The van der Waals surface area contributed by atoms with Gasteiger partial charge < -0.3 is 10.2 Å². The molecule has 0 heterocycles. The molecule has 2 heteroatoms. The summed E-state index contributed by atoms with van der Waals surface area (Å²) >= 11 is 0. The summed E-state index contributed by atoms with van der Waals surface area (Å²) in [4.78, 5) is 2.57. The third kappa shape index (κ3) is 5.39. The van der Waals surface area contributed by atoms with Crippen molar-refractivity contribution in [3.63, 3.8) is 0 Å². The van der Waals surface area contributed by atoms with E-state index in [1.807, 2.05) is 0 Å². The molecule has 0 spiro atoms. The van der Waals surface area contributed by atoms with E-state index >= 15 is 0 Å². The zero-order chi connectivity index (χ0) is 12.7. The van der Waals surface area contributed by atoms with Gasteiger partial charge in [0, 0.05) is 25.2 Å². The van der Waals surface area contributed by atoms with Gasteiger partial charge in [0.2, 0.25) is 0 Å². The summed E-state index contributed by atoms with van der Waals surface area (Å²) in [6.45, 7) is 9.30. The first-order chi connectivity index (χ1) is 8.17. The van der Waals surface area contributed by atoms with Crippen LogP contribution in [0.4, 0.5) is 0 Å². The normalized spacial score (nSPS) is 25.8. The van der Waals surface area contributed by atoms with Crippen LogP contribution in [0.5, 0.6) is 0 Å². The molecule has 0 radical (unpaired) electrons. The van der Waals surface area contributed by atoms with Crippen molar-refractivity contribution >= 4 is 0 Å². The lowest BCUT2D eigenvalue weighted by Crippen LogP contribution is -2.41. The largest absolute Gasteiger partial charge is 0.313 e. The van der Waals surface area contributed by atoms with Crippen LogP contribution in [-0.2, 0) is 0 Å². The summed E-state index contributed by atoms with van der Waals surface area (Å²) in [5.74, 6) is 0.934. The Morgan fingerprint density at radius 3 is 2.53 bits per heavy atom. The molecule has 1 fully saturated rings. The van der Waals surface area contributed by atoms with E-state index in [1.54, 1.807) is 0 Å². The maximum absolute atomic E-state index is 3.66. The van der Waals surface area contributed by atoms with Gasteiger partial charge in [0.1, 0.15) is 0 Å². The van der Waals surface area contributed by atoms with Crippen molar-refractivity contribution in [3.8, 4) is 0 Å². The number of rotatable bonds is 7. The molecule has 1 N–H and O–H groups in total. The molecule has 2 atom stereocenters. The van der Waals surface area contributed by atoms with Gasteiger partial charge in [-0.3, -0.25) is 0 Å². The zero-order valence-corrected chi connectivity index (χ0v) is 12.3. The van der Waals surface area contributed by atoms with E-state index in [-0.39, 0.29) is 0 Å². The minimum atomic E-state index is 0.716. The minimum Gasteiger partial charge on any atom is -0.313 e. The molecule has 2 nitrogen and oxygen atoms in total. The summed E-state index contributed by atoms with van der Waals surface area (Å²) in [5, 5.41) is 3.66. The van der Waals surface area contributed by atoms with Crippen LogP contribution >= 0.6 is 0 Å². The molecule has 102 valence electrons. The second-order valence-corrected chi connectivity index (χ2v) is 5.87. The maximum Gasteiger partial charge on any atom is 0.0107 e. The first kappa shape index (κ1) is 15.0. The fraction of sp³-hybridized carbons (Fsp3) is 1.00. The molecule has 0 aliphatic heterocycles. The fourth-order valence-electron chi connectivity index (χ4n) is 3.01. The Kier molecular flexibility index (Phi) is 7.14. The van der Waals surface area contributed by atoms with Crippen LogP contribution in [0.1, 0.15) is 59.3 Å². The molecule has 0 aromatic heterocycles. The van der Waals surface area contributed by atoms with Crippen LogP contribution in [0.3, 0.4) is 0 Å². The van der Waals surface area contributed by atoms with E-state index < -0.39 is 0 Å². The zero-order valence-electron chi connectivity index (χ0n) is 12.3. The number of nitrogens with zero attached hydrogens (tertiary/aromatic N) is 1. The van der Waals surface area contributed by atoms with Crippen LogP contribution < -0.4 is 5.32 Å². The van der Waals surface area contributed by atoms with E-state index in [1.165, 1.54) is 45.1 Å². The summed E-state index contributed by atoms with van der Waals surface area (Å²) in [6.07, 6.45) is 8.18. The number of nitrogens with one attached hydrogen (secondary N) is 1. The summed E-state index contributed by atoms with van der Waals surface area (Å²) in [6, 6.07) is 1.55. The lowest BCUT2D eigenvalue weighted by Gasteiger charge is -2.34. The Bertz CT molecular complexity index is 189. The van der Waals surface area contributed by atoms with Gasteiger partial charge in [0.15, 0.2) is 0 Å². The Morgan fingerprint density at radius 2 is 1.94 bits per heavy atom. The monoisotopic (exact) mass is 240 g/mol. The van der Waals surface area contributed by atoms with Crippen molar-refractivity contribution in [3.05, 3.63) is 0 Å². The quantitative estimate of drug-likeness (QED) is 0.735. The molecule has 1 aliphatic carbocycles. The standard InChI is InChI=1S/C15H32N2/c1-5-14(6-2)16-10-11-17(4)15-9-7-8-13(3)12-15/h13-16H,5-12H2,1-4H3. The van der Waals surface area contributed by atoms with Crippen LogP contribution in [0.2, 0.25) is 0 Å². The van der Waals surface area contributed by atoms with Crippen molar-refractivity contribution < 1.29 is 0 Å². The van der Waals surface area contributed by atoms with Gasteiger partial charge in [-0.25, -0.2) is 0 Å². The smallest absolute Gasteiger partial charge is 0.0107 e. The molecule has 0 saturated heterocycles. The molecule has 1 saturated carbocycles. The molecule has 0 aromatic rings. The van der Waals surface area contributed by atoms with Crippen molar-refractivity contribution in [1.82, 2.24) is 10.2 Å². The average molecular weight is 240 g/mol. The highest BCUT2D eigenvalue weighted by Gasteiger charge is 2.21. The lowest BCUT2D eigenvalue weighted by molar-refractivity contribution is 0.163. The number of hydrogen-bond donors (Lipinski definition) is 1. The highest BCUT2D eigenvalue weighted by molar-refractivity contribution is 4.77. The van der Waals surface area contributed by atoms with Crippen molar-refractivity contribution in [1.29, 1.82) is 0 Å². The van der Waals surface area contributed by atoms with Gasteiger partial charge >= 0.3 is 0 Å². The Labute approximate surface area is 108 Å². The molecule has 0 bridgehead atoms. The second-order valence-electron chi connectivity index (χ2n) is 5.87. The highest BCUT2D eigenvalue weighted by atomic mass is 15.1. The fourth-order valence-corrected chi connectivity index (χ4v) is 3.01. The van der Waals surface area contributed by atoms with Crippen LogP contribution in [0, 0.1) is 5.92 Å². The van der Waals surface area contributed by atoms with Gasteiger partial charge in [-0.15, -0.1) is 0 Å². The summed E-state index contributed by atoms with van der Waals surface area (Å²) < 4.78 is 0. The minimum absolute atomic E-state index is 0.716. The first-order valence-electron chi connectivity index (χ1n) is 7.60. The molecule has 1 rings (SSSR count). The van der Waals surface area contributed by atoms with Crippen LogP contribution in [0.15, 0.2) is 0 Å². The molecule has 1 aliphatic rings. The lowest BCUT2D eigenvalue weighted by atomic mass is 9.86. The van der Waals surface area contributed by atoms with Crippen molar-refractivity contribution in [2.24, 2.45) is 5.92 Å². The Balaban J connectivity index is 2.17.